The fourth-order valence-electron chi connectivity index (χ4n) is 4.05. The smallest absolute Gasteiger partial charge is 0.265 e. The predicted molar refractivity (Wildman–Crippen MR) is 133 cm³/mol. The molecule has 0 saturated heterocycles. The minimum Gasteiger partial charge on any atom is -0.494 e. The number of carbonyl (C=O) groups is 2. The Morgan fingerprint density at radius 1 is 1.03 bits per heavy atom. The number of ketones is 1. The van der Waals surface area contributed by atoms with Crippen LogP contribution in [0.25, 0.3) is 21.0 Å². The second-order valence-electron chi connectivity index (χ2n) is 7.85. The van der Waals surface area contributed by atoms with Crippen molar-refractivity contribution in [2.24, 2.45) is 0 Å². The van der Waals surface area contributed by atoms with Gasteiger partial charge in [-0.3, -0.25) is 19.0 Å². The van der Waals surface area contributed by atoms with E-state index in [2.05, 4.69) is 5.32 Å². The van der Waals surface area contributed by atoms with E-state index in [0.29, 0.717) is 26.0 Å². The minimum absolute atomic E-state index is 0.0457. The molecule has 2 heterocycles. The fraction of sp³-hybridized carbons (Fsp3) is 0.269. The number of fused-ring (bicyclic) bond motifs is 3. The van der Waals surface area contributed by atoms with Crippen LogP contribution in [0.4, 0.5) is 0 Å². The van der Waals surface area contributed by atoms with Crippen LogP contribution in [-0.4, -0.2) is 29.4 Å². The number of rotatable bonds is 8. The number of hydrogen-bond donors (Lipinski definition) is 1. The van der Waals surface area contributed by atoms with Gasteiger partial charge in [0.15, 0.2) is 11.5 Å². The zero-order chi connectivity index (χ0) is 23.5. The molecule has 0 fully saturated rings. The van der Waals surface area contributed by atoms with E-state index >= 15 is 0 Å². The molecule has 0 bridgehead atoms. The molecule has 0 unspecified atom stereocenters. The summed E-state index contributed by atoms with van der Waals surface area (Å²) in [5, 5.41) is 4.17. The molecule has 6 nitrogen and oxygen atoms in total. The number of para-hydroxylation sites is 1. The Hall–Kier alpha value is -3.45. The molecular formula is C26H26N2O4S. The average Bonchev–Trinajstić information content (AvgIpc) is 3.25. The van der Waals surface area contributed by atoms with Crippen LogP contribution < -0.4 is 15.6 Å². The van der Waals surface area contributed by atoms with E-state index in [9.17, 15) is 14.4 Å². The monoisotopic (exact) mass is 462 g/mol. The summed E-state index contributed by atoms with van der Waals surface area (Å²) >= 11 is 1.25. The summed E-state index contributed by atoms with van der Waals surface area (Å²) in [6, 6.07) is 16.4. The van der Waals surface area contributed by atoms with Gasteiger partial charge in [0.05, 0.1) is 23.9 Å². The van der Waals surface area contributed by atoms with E-state index in [1.807, 2.05) is 44.2 Å². The summed E-state index contributed by atoms with van der Waals surface area (Å²) in [6.07, 6.45) is 1.62. The summed E-state index contributed by atoms with van der Waals surface area (Å²) in [7, 11) is 1.46. The summed E-state index contributed by atoms with van der Waals surface area (Å²) in [5.41, 5.74) is 0.842. The van der Waals surface area contributed by atoms with Crippen LogP contribution >= 0.6 is 11.3 Å². The number of nitrogens with zero attached hydrogens (tertiary/aromatic N) is 1. The first-order valence-corrected chi connectivity index (χ1v) is 11.8. The molecule has 170 valence electrons. The maximum atomic E-state index is 13.7. The van der Waals surface area contributed by atoms with E-state index in [4.69, 9.17) is 4.74 Å². The van der Waals surface area contributed by atoms with Crippen molar-refractivity contribution >= 4 is 44.0 Å². The van der Waals surface area contributed by atoms with E-state index in [-0.39, 0.29) is 35.6 Å². The van der Waals surface area contributed by atoms with E-state index in [1.165, 1.54) is 23.0 Å². The highest BCUT2D eigenvalue weighted by Crippen LogP contribution is 2.39. The molecule has 0 aliphatic carbocycles. The lowest BCUT2D eigenvalue weighted by Gasteiger charge is -2.14. The number of Topliss-reactive ketones (excluding diaryl/α,β-unsaturated/α-hetero) is 1. The second-order valence-corrected chi connectivity index (χ2v) is 8.87. The topological polar surface area (TPSA) is 77.4 Å². The van der Waals surface area contributed by atoms with Crippen molar-refractivity contribution in [3.8, 4) is 5.75 Å². The van der Waals surface area contributed by atoms with Crippen molar-refractivity contribution in [3.05, 3.63) is 75.4 Å². The molecule has 7 heteroatoms. The van der Waals surface area contributed by atoms with Gasteiger partial charge in [0.1, 0.15) is 10.3 Å². The average molecular weight is 463 g/mol. The Balaban J connectivity index is 1.91. The normalized spacial score (nSPS) is 11.3. The van der Waals surface area contributed by atoms with Crippen LogP contribution in [0.3, 0.4) is 0 Å². The molecule has 1 N–H and O–H groups in total. The van der Waals surface area contributed by atoms with Gasteiger partial charge in [-0.2, -0.15) is 0 Å². The van der Waals surface area contributed by atoms with Crippen LogP contribution in [-0.2, 0) is 6.54 Å². The van der Waals surface area contributed by atoms with Crippen LogP contribution in [0, 0.1) is 0 Å². The van der Waals surface area contributed by atoms with Crippen LogP contribution in [0.5, 0.6) is 5.75 Å². The number of benzene rings is 2. The highest BCUT2D eigenvalue weighted by Gasteiger charge is 2.26. The van der Waals surface area contributed by atoms with Gasteiger partial charge in [-0.25, -0.2) is 0 Å². The van der Waals surface area contributed by atoms with Gasteiger partial charge < -0.3 is 10.1 Å². The summed E-state index contributed by atoms with van der Waals surface area (Å²) in [6.45, 7) is 3.94. The second kappa shape index (κ2) is 9.58. The van der Waals surface area contributed by atoms with Gasteiger partial charge in [0.2, 0.25) is 0 Å². The van der Waals surface area contributed by atoms with Crippen molar-refractivity contribution in [2.45, 2.75) is 39.3 Å². The van der Waals surface area contributed by atoms with Gasteiger partial charge in [-0.1, -0.05) is 62.4 Å². The first kappa shape index (κ1) is 22.7. The predicted octanol–water partition coefficient (Wildman–Crippen LogP) is 5.03. The van der Waals surface area contributed by atoms with Gasteiger partial charge in [0.25, 0.3) is 11.5 Å². The molecule has 0 aliphatic heterocycles. The summed E-state index contributed by atoms with van der Waals surface area (Å²) in [4.78, 5) is 40.1. The Morgan fingerprint density at radius 3 is 2.36 bits per heavy atom. The van der Waals surface area contributed by atoms with Gasteiger partial charge in [-0.05, 0) is 18.9 Å². The SMILES string of the molecule is CCC(CC)NC(=O)c1sc2c(c1OC)c(=O)n(CC(=O)c1ccccc1)c1ccccc21. The van der Waals surface area contributed by atoms with Crippen molar-refractivity contribution in [3.63, 3.8) is 0 Å². The third-order valence-electron chi connectivity index (χ3n) is 5.89. The molecule has 2 aromatic carbocycles. The molecule has 0 saturated carbocycles. The zero-order valence-electron chi connectivity index (χ0n) is 18.9. The number of methoxy groups -OCH3 is 1. The molecule has 2 aromatic heterocycles. The van der Waals surface area contributed by atoms with E-state index < -0.39 is 0 Å². The standard InChI is InChI=1S/C26H26N2O4S/c1-4-17(5-2)27-25(30)24-22(32-3)21-23(33-24)18-13-9-10-14-19(18)28(26(21)31)15-20(29)16-11-7-6-8-12-16/h6-14,17H,4-5,15H2,1-3H3,(H,27,30). The Labute approximate surface area is 195 Å². The number of hydrogen-bond acceptors (Lipinski definition) is 5. The quantitative estimate of drug-likeness (QED) is 0.373. The van der Waals surface area contributed by atoms with Crippen LogP contribution in [0.1, 0.15) is 46.7 Å². The molecule has 0 spiro atoms. The Morgan fingerprint density at radius 2 is 1.70 bits per heavy atom. The summed E-state index contributed by atoms with van der Waals surface area (Å²) in [5.74, 6) is -0.157. The number of carbonyl (C=O) groups excluding carboxylic acids is 2. The molecule has 4 rings (SSSR count). The number of ether oxygens (including phenoxy) is 1. The van der Waals surface area contributed by atoms with Crippen LogP contribution in [0.2, 0.25) is 0 Å². The van der Waals surface area contributed by atoms with Crippen molar-refractivity contribution in [2.75, 3.05) is 7.11 Å². The van der Waals surface area contributed by atoms with E-state index in [0.717, 1.165) is 18.2 Å². The lowest BCUT2D eigenvalue weighted by atomic mass is 10.1. The maximum Gasteiger partial charge on any atom is 0.265 e. The molecule has 0 radical (unpaired) electrons. The first-order valence-electron chi connectivity index (χ1n) is 11.0. The van der Waals surface area contributed by atoms with Gasteiger partial charge in [-0.15, -0.1) is 11.3 Å². The number of aromatic nitrogens is 1. The number of nitrogens with one attached hydrogen (secondary N) is 1. The van der Waals surface area contributed by atoms with Crippen molar-refractivity contribution < 1.29 is 14.3 Å². The molecule has 1 amide bonds. The minimum atomic E-state index is -0.345. The van der Waals surface area contributed by atoms with Crippen LogP contribution in [0.15, 0.2) is 59.4 Å². The molecular weight excluding hydrogens is 436 g/mol. The Bertz CT molecular complexity index is 1380. The first-order chi connectivity index (χ1) is 16.0. The molecule has 0 atom stereocenters. The number of thiophene rings is 1. The lowest BCUT2D eigenvalue weighted by Crippen LogP contribution is -2.33. The maximum absolute atomic E-state index is 13.7. The summed E-state index contributed by atoms with van der Waals surface area (Å²) < 4.78 is 7.76. The fourth-order valence-corrected chi connectivity index (χ4v) is 5.25. The third kappa shape index (κ3) is 4.16. The van der Waals surface area contributed by atoms with Crippen molar-refractivity contribution in [1.82, 2.24) is 9.88 Å². The molecule has 0 aliphatic rings. The van der Waals surface area contributed by atoms with Gasteiger partial charge >= 0.3 is 0 Å². The molecule has 33 heavy (non-hydrogen) atoms. The largest absolute Gasteiger partial charge is 0.494 e. The Kier molecular flexibility index (Phi) is 6.60. The van der Waals surface area contributed by atoms with E-state index in [1.54, 1.807) is 24.3 Å². The molecule has 4 aromatic rings. The number of pyridine rings is 1. The highest BCUT2D eigenvalue weighted by atomic mass is 32.1. The highest BCUT2D eigenvalue weighted by molar-refractivity contribution is 7.22. The van der Waals surface area contributed by atoms with Crippen molar-refractivity contribution in [1.29, 1.82) is 0 Å². The van der Waals surface area contributed by atoms with Gasteiger partial charge in [0, 0.05) is 17.0 Å². The lowest BCUT2D eigenvalue weighted by molar-refractivity contribution is 0.0934. The third-order valence-corrected chi connectivity index (χ3v) is 7.09. The number of amides is 1. The zero-order valence-corrected chi connectivity index (χ0v) is 19.7.